The van der Waals surface area contributed by atoms with Crippen LogP contribution in [-0.2, 0) is 16.4 Å². The third-order valence-electron chi connectivity index (χ3n) is 4.40. The van der Waals surface area contributed by atoms with Crippen LogP contribution in [0.4, 0.5) is 11.4 Å². The number of fused-ring (bicyclic) bond motifs is 1. The molecule has 26 heavy (non-hydrogen) atoms. The van der Waals surface area contributed by atoms with Crippen LogP contribution in [0.15, 0.2) is 88.2 Å². The van der Waals surface area contributed by atoms with E-state index < -0.39 is 10.0 Å². The maximum absolute atomic E-state index is 12.8. The zero-order valence-corrected chi connectivity index (χ0v) is 15.1. The second kappa shape index (κ2) is 6.42. The van der Waals surface area contributed by atoms with Crippen LogP contribution < -0.4 is 4.90 Å². The first-order chi connectivity index (χ1) is 12.5. The lowest BCUT2D eigenvalue weighted by molar-refractivity contribution is 0.598. The van der Waals surface area contributed by atoms with Gasteiger partial charge in [0.2, 0.25) is 0 Å². The molecule has 0 atom stereocenters. The summed E-state index contributed by atoms with van der Waals surface area (Å²) in [5.74, 6) is 0.512. The van der Waals surface area contributed by atoms with Crippen LogP contribution in [0.2, 0.25) is 0 Å². The summed E-state index contributed by atoms with van der Waals surface area (Å²) in [4.78, 5) is 2.13. The molecular formula is C21H18N2O2S. The topological polar surface area (TPSA) is 49.7 Å². The Labute approximate surface area is 153 Å². The number of aryl methyl sites for hydroxylation is 1. The molecule has 0 aliphatic carbocycles. The van der Waals surface area contributed by atoms with Gasteiger partial charge in [0.05, 0.1) is 10.6 Å². The van der Waals surface area contributed by atoms with Gasteiger partial charge in [0.25, 0.3) is 10.0 Å². The molecule has 0 saturated carbocycles. The molecule has 0 unspecified atom stereocenters. The summed E-state index contributed by atoms with van der Waals surface area (Å²) in [6, 6.07) is 24.4. The van der Waals surface area contributed by atoms with Crippen molar-refractivity contribution in [2.75, 3.05) is 4.90 Å². The Kier molecular flexibility index (Phi) is 4.09. The SMILES string of the molecule is Cc1ccc(S(=O)(=O)/N=C2\Cc3ccccc3N2c2ccccc2)cc1. The van der Waals surface area contributed by atoms with E-state index in [1.165, 1.54) is 0 Å². The van der Waals surface area contributed by atoms with Gasteiger partial charge in [0.15, 0.2) is 0 Å². The van der Waals surface area contributed by atoms with E-state index >= 15 is 0 Å². The molecule has 0 amide bonds. The monoisotopic (exact) mass is 362 g/mol. The summed E-state index contributed by atoms with van der Waals surface area (Å²) in [6.07, 6.45) is 0.482. The van der Waals surface area contributed by atoms with Gasteiger partial charge in [-0.2, -0.15) is 8.42 Å². The van der Waals surface area contributed by atoms with Crippen LogP contribution in [0, 0.1) is 6.92 Å². The minimum absolute atomic E-state index is 0.208. The number of sulfonamides is 1. The highest BCUT2D eigenvalue weighted by Crippen LogP contribution is 2.36. The molecule has 1 heterocycles. The number of benzene rings is 3. The summed E-state index contributed by atoms with van der Waals surface area (Å²) in [5.41, 5.74) is 3.94. The maximum Gasteiger partial charge on any atom is 0.283 e. The highest BCUT2D eigenvalue weighted by Gasteiger charge is 2.28. The van der Waals surface area contributed by atoms with Crippen LogP contribution >= 0.6 is 0 Å². The van der Waals surface area contributed by atoms with E-state index in [4.69, 9.17) is 0 Å². The Morgan fingerprint density at radius 2 is 1.50 bits per heavy atom. The highest BCUT2D eigenvalue weighted by molar-refractivity contribution is 7.90. The fourth-order valence-corrected chi connectivity index (χ4v) is 4.12. The van der Waals surface area contributed by atoms with Gasteiger partial charge in [-0.3, -0.25) is 4.90 Å². The van der Waals surface area contributed by atoms with Crippen molar-refractivity contribution in [1.29, 1.82) is 0 Å². The number of rotatable bonds is 3. The Morgan fingerprint density at radius 3 is 2.23 bits per heavy atom. The van der Waals surface area contributed by atoms with Gasteiger partial charge in [-0.05, 0) is 42.8 Å². The minimum atomic E-state index is -3.77. The maximum atomic E-state index is 12.8. The molecule has 4 rings (SSSR count). The lowest BCUT2D eigenvalue weighted by Gasteiger charge is -2.20. The molecule has 0 fully saturated rings. The molecular weight excluding hydrogens is 344 g/mol. The first-order valence-corrected chi connectivity index (χ1v) is 9.82. The van der Waals surface area contributed by atoms with E-state index in [2.05, 4.69) is 4.40 Å². The number of nitrogens with zero attached hydrogens (tertiary/aromatic N) is 2. The molecule has 130 valence electrons. The van der Waals surface area contributed by atoms with Crippen LogP contribution in [-0.4, -0.2) is 14.3 Å². The van der Waals surface area contributed by atoms with E-state index in [1.807, 2.05) is 66.4 Å². The van der Waals surface area contributed by atoms with Gasteiger partial charge in [-0.1, -0.05) is 54.1 Å². The molecule has 0 radical (unpaired) electrons. The van der Waals surface area contributed by atoms with Gasteiger partial charge >= 0.3 is 0 Å². The second-order valence-corrected chi connectivity index (χ2v) is 7.88. The lowest BCUT2D eigenvalue weighted by atomic mass is 10.2. The average Bonchev–Trinajstić information content (AvgIpc) is 3.00. The summed E-state index contributed by atoms with van der Waals surface area (Å²) in [5, 5.41) is 0. The molecule has 4 nitrogen and oxygen atoms in total. The third kappa shape index (κ3) is 3.02. The fourth-order valence-electron chi connectivity index (χ4n) is 3.11. The van der Waals surface area contributed by atoms with Crippen molar-refractivity contribution in [1.82, 2.24) is 0 Å². The Balaban J connectivity index is 1.82. The standard InChI is InChI=1S/C21H18N2O2S/c1-16-11-13-19(14-12-16)26(24,25)22-21-15-17-7-5-6-10-20(17)23(21)18-8-3-2-4-9-18/h2-14H,15H2,1H3/b22-21+. The number of amidine groups is 1. The first-order valence-electron chi connectivity index (χ1n) is 8.38. The number of hydrogen-bond donors (Lipinski definition) is 0. The highest BCUT2D eigenvalue weighted by atomic mass is 32.2. The van der Waals surface area contributed by atoms with E-state index in [9.17, 15) is 8.42 Å². The Morgan fingerprint density at radius 1 is 0.846 bits per heavy atom. The number of hydrogen-bond acceptors (Lipinski definition) is 2. The molecule has 1 aliphatic heterocycles. The summed E-state index contributed by atoms with van der Waals surface area (Å²) in [7, 11) is -3.77. The van der Waals surface area contributed by atoms with E-state index in [0.717, 1.165) is 22.5 Å². The molecule has 1 aliphatic rings. The van der Waals surface area contributed by atoms with Crippen molar-refractivity contribution >= 4 is 27.2 Å². The minimum Gasteiger partial charge on any atom is -0.297 e. The Hall–Kier alpha value is -2.92. The molecule has 5 heteroatoms. The molecule has 3 aromatic carbocycles. The largest absolute Gasteiger partial charge is 0.297 e. The predicted molar refractivity (Wildman–Crippen MR) is 105 cm³/mol. The fraction of sp³-hybridized carbons (Fsp3) is 0.0952. The van der Waals surface area contributed by atoms with Crippen molar-refractivity contribution in [2.24, 2.45) is 4.40 Å². The Bertz CT molecular complexity index is 1070. The summed E-state index contributed by atoms with van der Waals surface area (Å²) >= 11 is 0. The van der Waals surface area contributed by atoms with Crippen LogP contribution in [0.25, 0.3) is 0 Å². The van der Waals surface area contributed by atoms with Gasteiger partial charge in [0, 0.05) is 12.1 Å². The van der Waals surface area contributed by atoms with Crippen molar-refractivity contribution < 1.29 is 8.42 Å². The third-order valence-corrected chi connectivity index (χ3v) is 5.72. The molecule has 3 aromatic rings. The van der Waals surface area contributed by atoms with Crippen molar-refractivity contribution in [3.63, 3.8) is 0 Å². The van der Waals surface area contributed by atoms with Crippen molar-refractivity contribution in [2.45, 2.75) is 18.2 Å². The van der Waals surface area contributed by atoms with Crippen molar-refractivity contribution in [3.05, 3.63) is 90.0 Å². The summed E-state index contributed by atoms with van der Waals surface area (Å²) in [6.45, 7) is 1.92. The normalized spacial score (nSPS) is 15.3. The van der Waals surface area contributed by atoms with Crippen molar-refractivity contribution in [3.8, 4) is 0 Å². The average molecular weight is 362 g/mol. The number of para-hydroxylation sites is 2. The van der Waals surface area contributed by atoms with Crippen LogP contribution in [0.3, 0.4) is 0 Å². The van der Waals surface area contributed by atoms with Crippen LogP contribution in [0.5, 0.6) is 0 Å². The molecule has 0 bridgehead atoms. The quantitative estimate of drug-likeness (QED) is 0.690. The second-order valence-electron chi connectivity index (χ2n) is 6.27. The van der Waals surface area contributed by atoms with Gasteiger partial charge in [-0.15, -0.1) is 4.40 Å². The first kappa shape index (κ1) is 16.5. The molecule has 0 spiro atoms. The lowest BCUT2D eigenvalue weighted by Crippen LogP contribution is -2.23. The van der Waals surface area contributed by atoms with E-state index in [-0.39, 0.29) is 4.90 Å². The van der Waals surface area contributed by atoms with E-state index in [1.54, 1.807) is 24.3 Å². The zero-order chi connectivity index (χ0) is 18.1. The molecule has 0 saturated heterocycles. The summed E-state index contributed by atoms with van der Waals surface area (Å²) < 4.78 is 29.8. The van der Waals surface area contributed by atoms with E-state index in [0.29, 0.717) is 12.3 Å². The van der Waals surface area contributed by atoms with Crippen LogP contribution in [0.1, 0.15) is 11.1 Å². The zero-order valence-electron chi connectivity index (χ0n) is 14.3. The predicted octanol–water partition coefficient (Wildman–Crippen LogP) is 4.48. The smallest absolute Gasteiger partial charge is 0.283 e. The molecule has 0 aromatic heterocycles. The number of anilines is 2. The molecule has 0 N–H and O–H groups in total. The van der Waals surface area contributed by atoms with Gasteiger partial charge in [-0.25, -0.2) is 0 Å². The van der Waals surface area contributed by atoms with Gasteiger partial charge < -0.3 is 0 Å². The van der Waals surface area contributed by atoms with Gasteiger partial charge in [0.1, 0.15) is 5.84 Å².